The highest BCUT2D eigenvalue weighted by molar-refractivity contribution is 5.10. The average molecular weight is 137 g/mol. The Labute approximate surface area is 63.0 Å². The van der Waals surface area contributed by atoms with Crippen LogP contribution in [0.4, 0.5) is 0 Å². The smallest absolute Gasteiger partial charge is 0.0362 e. The summed E-state index contributed by atoms with van der Waals surface area (Å²) in [7, 11) is 0. The van der Waals surface area contributed by atoms with Crippen molar-refractivity contribution in [3.8, 4) is 0 Å². The lowest BCUT2D eigenvalue weighted by Gasteiger charge is -2.34. The predicted octanol–water partition coefficient (Wildman–Crippen LogP) is 2.17. The van der Waals surface area contributed by atoms with Crippen LogP contribution in [0.3, 0.4) is 0 Å². The Kier molecular flexibility index (Phi) is 1.84. The van der Waals surface area contributed by atoms with Crippen molar-refractivity contribution < 1.29 is 0 Å². The van der Waals surface area contributed by atoms with E-state index in [1.54, 1.807) is 0 Å². The van der Waals surface area contributed by atoms with Gasteiger partial charge in [-0.2, -0.15) is 0 Å². The van der Waals surface area contributed by atoms with Gasteiger partial charge in [-0.15, -0.1) is 0 Å². The van der Waals surface area contributed by atoms with E-state index in [1.165, 1.54) is 0 Å². The van der Waals surface area contributed by atoms with Crippen molar-refractivity contribution in [2.75, 3.05) is 6.54 Å². The molecule has 0 aromatic carbocycles. The Hall–Kier alpha value is -0.720. The van der Waals surface area contributed by atoms with Crippen LogP contribution in [-0.2, 0) is 0 Å². The molecule has 1 rings (SSSR count). The molecule has 0 bridgehead atoms. The maximum Gasteiger partial charge on any atom is 0.0362 e. The third kappa shape index (κ3) is 1.63. The van der Waals surface area contributed by atoms with E-state index in [-0.39, 0.29) is 5.54 Å². The maximum atomic E-state index is 2.31. The van der Waals surface area contributed by atoms with Gasteiger partial charge in [-0.1, -0.05) is 12.2 Å². The minimum atomic E-state index is 0.265. The first-order chi connectivity index (χ1) is 4.61. The van der Waals surface area contributed by atoms with Gasteiger partial charge < -0.3 is 4.90 Å². The van der Waals surface area contributed by atoms with Crippen LogP contribution in [0.1, 0.15) is 20.8 Å². The fourth-order valence-electron chi connectivity index (χ4n) is 0.965. The molecule has 0 spiro atoms. The molecule has 0 saturated heterocycles. The third-order valence-electron chi connectivity index (χ3n) is 1.68. The first kappa shape index (κ1) is 7.39. The molecule has 10 heavy (non-hydrogen) atoms. The summed E-state index contributed by atoms with van der Waals surface area (Å²) in [5.41, 5.74) is 0.265. The standard InChI is InChI=1S/C9H15N/c1-9(2,3)10-7-5-4-6-8-10/h4-7H,8H2,1-3H3. The Morgan fingerprint density at radius 2 is 1.90 bits per heavy atom. The molecule has 1 heterocycles. The molecule has 0 aromatic rings. The summed E-state index contributed by atoms with van der Waals surface area (Å²) in [6.45, 7) is 7.70. The van der Waals surface area contributed by atoms with E-state index in [0.717, 1.165) is 6.54 Å². The van der Waals surface area contributed by atoms with Gasteiger partial charge in [0.05, 0.1) is 0 Å². The van der Waals surface area contributed by atoms with Crippen molar-refractivity contribution in [2.45, 2.75) is 26.3 Å². The van der Waals surface area contributed by atoms with E-state index in [1.807, 2.05) is 0 Å². The summed E-state index contributed by atoms with van der Waals surface area (Å²) in [4.78, 5) is 2.31. The lowest BCUT2D eigenvalue weighted by Crippen LogP contribution is -2.37. The van der Waals surface area contributed by atoms with Crippen LogP contribution in [-0.4, -0.2) is 17.0 Å². The number of allylic oxidation sites excluding steroid dienone is 2. The second-order valence-corrected chi connectivity index (χ2v) is 3.59. The zero-order valence-corrected chi connectivity index (χ0v) is 6.96. The lowest BCUT2D eigenvalue weighted by atomic mass is 10.1. The molecule has 1 aliphatic heterocycles. The second kappa shape index (κ2) is 2.49. The Bertz CT molecular complexity index is 160. The van der Waals surface area contributed by atoms with E-state index in [4.69, 9.17) is 0 Å². The molecule has 0 amide bonds. The van der Waals surface area contributed by atoms with E-state index in [9.17, 15) is 0 Å². The molecule has 1 nitrogen and oxygen atoms in total. The molecule has 0 radical (unpaired) electrons. The SMILES string of the molecule is CC(C)(C)N1C=CC=CC1. The van der Waals surface area contributed by atoms with Crippen LogP contribution in [0, 0.1) is 0 Å². The first-order valence-electron chi connectivity index (χ1n) is 3.71. The van der Waals surface area contributed by atoms with Crippen molar-refractivity contribution in [1.82, 2.24) is 4.90 Å². The van der Waals surface area contributed by atoms with Crippen LogP contribution >= 0.6 is 0 Å². The summed E-state index contributed by atoms with van der Waals surface area (Å²) in [5, 5.41) is 0. The van der Waals surface area contributed by atoms with Gasteiger partial charge in [0.15, 0.2) is 0 Å². The van der Waals surface area contributed by atoms with Gasteiger partial charge >= 0.3 is 0 Å². The Morgan fingerprint density at radius 3 is 2.20 bits per heavy atom. The quantitative estimate of drug-likeness (QED) is 0.494. The molecule has 0 unspecified atom stereocenters. The van der Waals surface area contributed by atoms with E-state index < -0.39 is 0 Å². The van der Waals surface area contributed by atoms with E-state index in [0.29, 0.717) is 0 Å². The van der Waals surface area contributed by atoms with Crippen molar-refractivity contribution in [3.63, 3.8) is 0 Å². The van der Waals surface area contributed by atoms with E-state index in [2.05, 4.69) is 50.1 Å². The predicted molar refractivity (Wildman–Crippen MR) is 44.7 cm³/mol. The summed E-state index contributed by atoms with van der Waals surface area (Å²) in [5.74, 6) is 0. The molecule has 1 aliphatic rings. The van der Waals surface area contributed by atoms with Crippen LogP contribution in [0.5, 0.6) is 0 Å². The molecule has 0 aromatic heterocycles. The summed E-state index contributed by atoms with van der Waals surface area (Å²) in [6, 6.07) is 0. The molecule has 0 N–H and O–H groups in total. The Balaban J connectivity index is 2.60. The highest BCUT2D eigenvalue weighted by Crippen LogP contribution is 2.14. The molecule has 0 fully saturated rings. The van der Waals surface area contributed by atoms with Gasteiger partial charge in [0.1, 0.15) is 0 Å². The monoisotopic (exact) mass is 137 g/mol. The zero-order valence-electron chi connectivity index (χ0n) is 6.96. The largest absolute Gasteiger partial charge is 0.369 e. The van der Waals surface area contributed by atoms with Crippen molar-refractivity contribution in [2.24, 2.45) is 0 Å². The van der Waals surface area contributed by atoms with Crippen molar-refractivity contribution >= 4 is 0 Å². The van der Waals surface area contributed by atoms with Gasteiger partial charge in [0, 0.05) is 12.1 Å². The number of rotatable bonds is 0. The minimum Gasteiger partial charge on any atom is -0.369 e. The molecule has 0 atom stereocenters. The van der Waals surface area contributed by atoms with Gasteiger partial charge in [-0.3, -0.25) is 0 Å². The van der Waals surface area contributed by atoms with Gasteiger partial charge in [0.2, 0.25) is 0 Å². The number of hydrogen-bond acceptors (Lipinski definition) is 1. The summed E-state index contributed by atoms with van der Waals surface area (Å²) >= 11 is 0. The molecule has 0 aliphatic carbocycles. The third-order valence-corrected chi connectivity index (χ3v) is 1.68. The van der Waals surface area contributed by atoms with Crippen LogP contribution in [0.15, 0.2) is 24.4 Å². The normalized spacial score (nSPS) is 18.1. The van der Waals surface area contributed by atoms with Crippen LogP contribution in [0.25, 0.3) is 0 Å². The van der Waals surface area contributed by atoms with Crippen molar-refractivity contribution in [1.29, 1.82) is 0 Å². The van der Waals surface area contributed by atoms with E-state index >= 15 is 0 Å². The number of nitrogens with zero attached hydrogens (tertiary/aromatic N) is 1. The fraction of sp³-hybridized carbons (Fsp3) is 0.556. The van der Waals surface area contributed by atoms with Crippen LogP contribution in [0.2, 0.25) is 0 Å². The first-order valence-corrected chi connectivity index (χ1v) is 3.71. The average Bonchev–Trinajstić information content (AvgIpc) is 1.88. The van der Waals surface area contributed by atoms with Gasteiger partial charge in [0.25, 0.3) is 0 Å². The highest BCUT2D eigenvalue weighted by atomic mass is 15.2. The molecule has 56 valence electrons. The molecule has 1 heteroatoms. The van der Waals surface area contributed by atoms with Gasteiger partial charge in [-0.05, 0) is 33.0 Å². The lowest BCUT2D eigenvalue weighted by molar-refractivity contribution is 0.224. The Morgan fingerprint density at radius 1 is 1.20 bits per heavy atom. The molecular formula is C9H15N. The fourth-order valence-corrected chi connectivity index (χ4v) is 0.965. The number of hydrogen-bond donors (Lipinski definition) is 0. The molecule has 0 saturated carbocycles. The topological polar surface area (TPSA) is 3.24 Å². The highest BCUT2D eigenvalue weighted by Gasteiger charge is 2.16. The summed E-state index contributed by atoms with van der Waals surface area (Å²) in [6.07, 6.45) is 8.47. The summed E-state index contributed by atoms with van der Waals surface area (Å²) < 4.78 is 0. The van der Waals surface area contributed by atoms with Crippen molar-refractivity contribution in [3.05, 3.63) is 24.4 Å². The maximum absolute atomic E-state index is 2.31. The van der Waals surface area contributed by atoms with Crippen LogP contribution < -0.4 is 0 Å². The second-order valence-electron chi connectivity index (χ2n) is 3.59. The zero-order chi connectivity index (χ0) is 7.61. The molecular weight excluding hydrogens is 122 g/mol. The minimum absolute atomic E-state index is 0.265. The van der Waals surface area contributed by atoms with Gasteiger partial charge in [-0.25, -0.2) is 0 Å².